The predicted molar refractivity (Wildman–Crippen MR) is 73.0 cm³/mol. The molecular weight excluding hydrogens is 228 g/mol. The minimum Gasteiger partial charge on any atom is -0.352 e. The monoisotopic (exact) mass is 250 g/mol. The zero-order chi connectivity index (χ0) is 13.0. The first-order valence-electron chi connectivity index (χ1n) is 6.77. The fourth-order valence-corrected chi connectivity index (χ4v) is 2.73. The van der Waals surface area contributed by atoms with E-state index in [0.717, 1.165) is 25.3 Å². The number of aromatic amines is 1. The highest BCUT2D eigenvalue weighted by atomic mass is 16.1. The molecule has 1 fully saturated rings. The summed E-state index contributed by atoms with van der Waals surface area (Å²) in [7, 11) is 0. The van der Waals surface area contributed by atoms with Gasteiger partial charge in [0.2, 0.25) is 0 Å². The Morgan fingerprint density at radius 3 is 3.17 bits per heavy atom. The van der Waals surface area contributed by atoms with E-state index in [9.17, 15) is 4.79 Å². The number of piperidine rings is 1. The Bertz CT molecular complexity index is 431. The summed E-state index contributed by atoms with van der Waals surface area (Å²) in [5.74, 6) is 0.799. The zero-order valence-electron chi connectivity index (χ0n) is 11.1. The summed E-state index contributed by atoms with van der Waals surface area (Å²) in [6.07, 6.45) is 5.06. The number of hydrogen-bond donors (Lipinski definition) is 2. The molecule has 2 rings (SSSR count). The number of nitrogens with zero attached hydrogens (tertiary/aromatic N) is 2. The molecule has 5 heteroatoms. The Morgan fingerprint density at radius 2 is 2.44 bits per heavy atom. The molecule has 2 atom stereocenters. The smallest absolute Gasteiger partial charge is 0.252 e. The molecule has 0 aliphatic carbocycles. The van der Waals surface area contributed by atoms with Crippen LogP contribution in [0.1, 0.15) is 33.1 Å². The normalized spacial score (nSPS) is 21.9. The molecule has 0 radical (unpaired) electrons. The lowest BCUT2D eigenvalue weighted by Crippen LogP contribution is -2.51. The van der Waals surface area contributed by atoms with E-state index in [1.807, 2.05) is 0 Å². The Kier molecular flexibility index (Phi) is 4.36. The van der Waals surface area contributed by atoms with Crippen molar-refractivity contribution in [1.29, 1.82) is 0 Å². The maximum Gasteiger partial charge on any atom is 0.252 e. The molecule has 2 heterocycles. The largest absolute Gasteiger partial charge is 0.352 e. The summed E-state index contributed by atoms with van der Waals surface area (Å²) < 4.78 is 0. The van der Waals surface area contributed by atoms with E-state index in [2.05, 4.69) is 34.0 Å². The maximum atomic E-state index is 11.4. The standard InChI is InChI=1S/C13H22N4O/c1-3-14-10(2)11-6-4-5-7-17(11)12-8-13(18)16-9-15-12/h8-11,14H,3-7H2,1-2H3,(H,15,16,18). The van der Waals surface area contributed by atoms with Crippen molar-refractivity contribution in [2.45, 2.75) is 45.2 Å². The lowest BCUT2D eigenvalue weighted by molar-refractivity contribution is 0.370. The second kappa shape index (κ2) is 6.00. The van der Waals surface area contributed by atoms with Gasteiger partial charge in [-0.1, -0.05) is 6.92 Å². The average Bonchev–Trinajstić information content (AvgIpc) is 2.39. The van der Waals surface area contributed by atoms with Gasteiger partial charge in [-0.3, -0.25) is 4.79 Å². The highest BCUT2D eigenvalue weighted by Gasteiger charge is 2.27. The van der Waals surface area contributed by atoms with E-state index in [1.165, 1.54) is 19.2 Å². The summed E-state index contributed by atoms with van der Waals surface area (Å²) >= 11 is 0. The molecule has 18 heavy (non-hydrogen) atoms. The van der Waals surface area contributed by atoms with Crippen molar-refractivity contribution < 1.29 is 0 Å². The summed E-state index contributed by atoms with van der Waals surface area (Å²) in [6.45, 7) is 6.28. The quantitative estimate of drug-likeness (QED) is 0.841. The SMILES string of the molecule is CCNC(C)C1CCCCN1c1cc(=O)[nH]cn1. The highest BCUT2D eigenvalue weighted by Crippen LogP contribution is 2.24. The van der Waals surface area contributed by atoms with Crippen molar-refractivity contribution in [2.24, 2.45) is 0 Å². The molecule has 1 aliphatic rings. The molecule has 5 nitrogen and oxygen atoms in total. The van der Waals surface area contributed by atoms with Gasteiger partial charge in [0.25, 0.3) is 5.56 Å². The van der Waals surface area contributed by atoms with Crippen LogP contribution in [0.25, 0.3) is 0 Å². The summed E-state index contributed by atoms with van der Waals surface area (Å²) in [6, 6.07) is 2.43. The van der Waals surface area contributed by atoms with Crippen molar-refractivity contribution in [3.8, 4) is 0 Å². The van der Waals surface area contributed by atoms with E-state index in [0.29, 0.717) is 12.1 Å². The van der Waals surface area contributed by atoms with Crippen LogP contribution in [-0.2, 0) is 0 Å². The maximum absolute atomic E-state index is 11.4. The first-order valence-corrected chi connectivity index (χ1v) is 6.77. The van der Waals surface area contributed by atoms with Gasteiger partial charge in [-0.25, -0.2) is 4.98 Å². The summed E-state index contributed by atoms with van der Waals surface area (Å²) in [5.41, 5.74) is -0.0829. The van der Waals surface area contributed by atoms with E-state index in [4.69, 9.17) is 0 Å². The van der Waals surface area contributed by atoms with Crippen LogP contribution in [0.5, 0.6) is 0 Å². The zero-order valence-corrected chi connectivity index (χ0v) is 11.1. The highest BCUT2D eigenvalue weighted by molar-refractivity contribution is 5.39. The van der Waals surface area contributed by atoms with Crippen LogP contribution in [0.4, 0.5) is 5.82 Å². The Hall–Kier alpha value is -1.36. The van der Waals surface area contributed by atoms with Gasteiger partial charge in [0.1, 0.15) is 5.82 Å². The van der Waals surface area contributed by atoms with Crippen LogP contribution in [0.3, 0.4) is 0 Å². The molecule has 0 spiro atoms. The first-order chi connectivity index (χ1) is 8.72. The number of nitrogens with one attached hydrogen (secondary N) is 2. The summed E-state index contributed by atoms with van der Waals surface area (Å²) in [5, 5.41) is 3.47. The molecular formula is C13H22N4O. The van der Waals surface area contributed by atoms with Crippen LogP contribution in [0.2, 0.25) is 0 Å². The van der Waals surface area contributed by atoms with Gasteiger partial charge < -0.3 is 15.2 Å². The predicted octanol–water partition coefficient (Wildman–Crippen LogP) is 1.13. The van der Waals surface area contributed by atoms with E-state index < -0.39 is 0 Å². The molecule has 1 aromatic rings. The molecule has 0 bridgehead atoms. The minimum atomic E-state index is -0.0829. The molecule has 100 valence electrons. The van der Waals surface area contributed by atoms with Crippen molar-refractivity contribution in [3.63, 3.8) is 0 Å². The van der Waals surface area contributed by atoms with Crippen molar-refractivity contribution in [1.82, 2.24) is 15.3 Å². The molecule has 1 aromatic heterocycles. The second-order valence-corrected chi connectivity index (χ2v) is 4.87. The Balaban J connectivity index is 2.19. The fourth-order valence-electron chi connectivity index (χ4n) is 2.73. The van der Waals surface area contributed by atoms with Gasteiger partial charge in [-0.2, -0.15) is 0 Å². The lowest BCUT2D eigenvalue weighted by Gasteiger charge is -2.40. The van der Waals surface area contributed by atoms with Crippen molar-refractivity contribution >= 4 is 5.82 Å². The molecule has 0 amide bonds. The van der Waals surface area contributed by atoms with E-state index >= 15 is 0 Å². The van der Waals surface area contributed by atoms with Gasteiger partial charge in [0.15, 0.2) is 0 Å². The van der Waals surface area contributed by atoms with Gasteiger partial charge in [0, 0.05) is 24.7 Å². The van der Waals surface area contributed by atoms with Crippen molar-refractivity contribution in [3.05, 3.63) is 22.7 Å². The van der Waals surface area contributed by atoms with E-state index in [1.54, 1.807) is 6.07 Å². The van der Waals surface area contributed by atoms with Crippen LogP contribution in [-0.4, -0.2) is 35.1 Å². The number of hydrogen-bond acceptors (Lipinski definition) is 4. The molecule has 2 unspecified atom stereocenters. The second-order valence-electron chi connectivity index (χ2n) is 4.87. The molecule has 0 aromatic carbocycles. The number of likely N-dealkylation sites (N-methyl/N-ethyl adjacent to an activating group) is 1. The van der Waals surface area contributed by atoms with Gasteiger partial charge in [-0.05, 0) is 32.7 Å². The van der Waals surface area contributed by atoms with Gasteiger partial charge >= 0.3 is 0 Å². The molecule has 2 N–H and O–H groups in total. The van der Waals surface area contributed by atoms with E-state index in [-0.39, 0.29) is 5.56 Å². The van der Waals surface area contributed by atoms with Crippen LogP contribution in [0, 0.1) is 0 Å². The minimum absolute atomic E-state index is 0.0829. The molecule has 1 aliphatic heterocycles. The Labute approximate surface area is 108 Å². The van der Waals surface area contributed by atoms with Crippen LogP contribution in [0.15, 0.2) is 17.2 Å². The Morgan fingerprint density at radius 1 is 1.61 bits per heavy atom. The number of anilines is 1. The third kappa shape index (κ3) is 2.90. The average molecular weight is 250 g/mol. The fraction of sp³-hybridized carbons (Fsp3) is 0.692. The third-order valence-electron chi connectivity index (χ3n) is 3.61. The lowest BCUT2D eigenvalue weighted by atomic mass is 9.96. The molecule has 1 saturated heterocycles. The van der Waals surface area contributed by atoms with Crippen LogP contribution < -0.4 is 15.8 Å². The number of aromatic nitrogens is 2. The molecule has 0 saturated carbocycles. The third-order valence-corrected chi connectivity index (χ3v) is 3.61. The number of rotatable bonds is 4. The van der Waals surface area contributed by atoms with Crippen molar-refractivity contribution in [2.75, 3.05) is 18.0 Å². The van der Waals surface area contributed by atoms with Gasteiger partial charge in [-0.15, -0.1) is 0 Å². The van der Waals surface area contributed by atoms with Gasteiger partial charge in [0.05, 0.1) is 6.33 Å². The topological polar surface area (TPSA) is 61.0 Å². The van der Waals surface area contributed by atoms with Crippen LogP contribution >= 0.6 is 0 Å². The first kappa shape index (κ1) is 13.1. The summed E-state index contributed by atoms with van der Waals surface area (Å²) in [4.78, 5) is 20.5. The number of H-pyrrole nitrogens is 1.